The van der Waals surface area contributed by atoms with Crippen LogP contribution in [0.25, 0.3) is 0 Å². The van der Waals surface area contributed by atoms with E-state index < -0.39 is 67.6 Å². The molecule has 0 radical (unpaired) electrons. The van der Waals surface area contributed by atoms with Gasteiger partial charge in [-0.15, -0.1) is 0 Å². The Kier molecular flexibility index (Phi) is 8.97. The normalized spacial score (nSPS) is 25.4. The van der Waals surface area contributed by atoms with Crippen LogP contribution in [-0.2, 0) is 23.4 Å². The molecule has 2 heterocycles. The minimum Gasteiger partial charge on any atom is -0.462 e. The van der Waals surface area contributed by atoms with Gasteiger partial charge in [-0.1, -0.05) is 18.2 Å². The van der Waals surface area contributed by atoms with Gasteiger partial charge < -0.3 is 19.1 Å². The van der Waals surface area contributed by atoms with E-state index in [9.17, 15) is 29.3 Å². The van der Waals surface area contributed by atoms with Crippen molar-refractivity contribution < 1.29 is 33.0 Å². The molecule has 2 aromatic rings. The minimum atomic E-state index is -4.28. The first-order chi connectivity index (χ1) is 17.8. The number of aliphatic hydroxyl groups excluding tert-OH is 1. The predicted octanol–water partition coefficient (Wildman–Crippen LogP) is 1.77. The maximum Gasteiger partial charge on any atom is 0.459 e. The van der Waals surface area contributed by atoms with Crippen molar-refractivity contribution in [2.45, 2.75) is 65.2 Å². The second-order valence-electron chi connectivity index (χ2n) is 9.38. The highest BCUT2D eigenvalue weighted by Gasteiger charge is 2.55. The molecule has 14 heteroatoms. The fourth-order valence-electron chi connectivity index (χ4n) is 3.79. The van der Waals surface area contributed by atoms with Crippen LogP contribution in [0.3, 0.4) is 0 Å². The summed E-state index contributed by atoms with van der Waals surface area (Å²) >= 11 is 0. The van der Waals surface area contributed by atoms with Gasteiger partial charge in [-0.25, -0.2) is 9.36 Å². The van der Waals surface area contributed by atoms with Crippen LogP contribution in [0.4, 0.5) is 0 Å². The van der Waals surface area contributed by atoms with Gasteiger partial charge in [0.1, 0.15) is 29.4 Å². The molecule has 1 fully saturated rings. The topological polar surface area (TPSA) is 182 Å². The van der Waals surface area contributed by atoms with Crippen LogP contribution in [0.15, 0.2) is 46.1 Å². The summed E-state index contributed by atoms with van der Waals surface area (Å²) in [5, 5.41) is 23.4. The summed E-state index contributed by atoms with van der Waals surface area (Å²) in [5.74, 6) is -0.516. The number of ether oxygens (including phenoxy) is 2. The van der Waals surface area contributed by atoms with Gasteiger partial charge in [0.05, 0.1) is 18.8 Å². The number of hydrogen-bond donors (Lipinski definition) is 3. The summed E-state index contributed by atoms with van der Waals surface area (Å²) < 4.78 is 36.9. The number of aromatic nitrogens is 2. The number of carbonyl (C=O) groups is 1. The van der Waals surface area contributed by atoms with Gasteiger partial charge in [-0.2, -0.15) is 10.3 Å². The van der Waals surface area contributed by atoms with E-state index in [0.717, 1.165) is 4.57 Å². The van der Waals surface area contributed by atoms with Crippen LogP contribution in [0.2, 0.25) is 0 Å². The first-order valence-corrected chi connectivity index (χ1v) is 13.4. The highest BCUT2D eigenvalue weighted by atomic mass is 31.2. The molecule has 0 bridgehead atoms. The molecule has 0 amide bonds. The monoisotopic (exact) mass is 550 g/mol. The van der Waals surface area contributed by atoms with Gasteiger partial charge >= 0.3 is 19.4 Å². The van der Waals surface area contributed by atoms with E-state index in [4.69, 9.17) is 18.5 Å². The molecule has 6 atom stereocenters. The first-order valence-electron chi connectivity index (χ1n) is 11.8. The molecule has 0 spiro atoms. The second kappa shape index (κ2) is 11.6. The number of aromatic amines is 1. The average Bonchev–Trinajstić information content (AvgIpc) is 3.10. The number of H-pyrrole nitrogens is 1. The molecule has 1 saturated heterocycles. The standard InChI is InChI=1S/C24H31N4O9P/c1-14(2)35-21(31)16(4)27-38(33,37-17-9-7-6-8-10-17)34-12-18-19(29)24(5,13-25)22(36-18)28-11-15(3)20(30)26-23(28)32/h6-11,14,16,18-19,22,29H,12H2,1-5H3,(H,27,33)(H,26,30,32)/t16-,18-,19-,22-,24-,38-/m1/s1. The van der Waals surface area contributed by atoms with Crippen molar-refractivity contribution in [2.75, 3.05) is 6.61 Å². The number of nitriles is 1. The van der Waals surface area contributed by atoms with E-state index in [0.29, 0.717) is 0 Å². The van der Waals surface area contributed by atoms with Gasteiger partial charge in [0.25, 0.3) is 5.56 Å². The smallest absolute Gasteiger partial charge is 0.459 e. The molecular weight excluding hydrogens is 519 g/mol. The van der Waals surface area contributed by atoms with E-state index in [-0.39, 0.29) is 11.3 Å². The zero-order chi connectivity index (χ0) is 28.3. The van der Waals surface area contributed by atoms with Gasteiger partial charge in [0.15, 0.2) is 6.23 Å². The maximum absolute atomic E-state index is 13.7. The number of aliphatic hydroxyl groups is 1. The molecule has 1 aliphatic rings. The number of nitrogens with one attached hydrogen (secondary N) is 2. The van der Waals surface area contributed by atoms with Crippen molar-refractivity contribution in [3.05, 3.63) is 62.9 Å². The van der Waals surface area contributed by atoms with E-state index in [2.05, 4.69) is 10.1 Å². The summed E-state index contributed by atoms with van der Waals surface area (Å²) in [6.07, 6.45) is -3.22. The number of hydrogen-bond acceptors (Lipinski definition) is 10. The molecular formula is C24H31N4O9P. The Balaban J connectivity index is 1.86. The maximum atomic E-state index is 13.7. The summed E-state index contributed by atoms with van der Waals surface area (Å²) in [4.78, 5) is 38.7. The van der Waals surface area contributed by atoms with Crippen molar-refractivity contribution in [1.29, 1.82) is 5.26 Å². The van der Waals surface area contributed by atoms with Crippen LogP contribution in [-0.4, -0.2) is 51.6 Å². The first kappa shape index (κ1) is 29.3. The molecule has 1 aromatic carbocycles. The molecule has 0 saturated carbocycles. The van der Waals surface area contributed by atoms with Crippen LogP contribution >= 0.6 is 7.75 Å². The average molecular weight is 551 g/mol. The van der Waals surface area contributed by atoms with Crippen molar-refractivity contribution in [3.63, 3.8) is 0 Å². The quantitative estimate of drug-likeness (QED) is 0.290. The lowest BCUT2D eigenvalue weighted by Crippen LogP contribution is -2.41. The Morgan fingerprint density at radius 2 is 1.97 bits per heavy atom. The zero-order valence-electron chi connectivity index (χ0n) is 21.6. The highest BCUT2D eigenvalue weighted by molar-refractivity contribution is 7.52. The van der Waals surface area contributed by atoms with Crippen LogP contribution in [0, 0.1) is 23.7 Å². The summed E-state index contributed by atoms with van der Waals surface area (Å²) in [6.45, 7) is 7.06. The Hall–Kier alpha value is -3.27. The second-order valence-corrected chi connectivity index (χ2v) is 11.1. The summed E-state index contributed by atoms with van der Waals surface area (Å²) in [7, 11) is -4.28. The van der Waals surface area contributed by atoms with Gasteiger partial charge in [0.2, 0.25) is 0 Å². The number of benzene rings is 1. The lowest BCUT2D eigenvalue weighted by atomic mass is 9.84. The van der Waals surface area contributed by atoms with Crippen molar-refractivity contribution >= 4 is 13.7 Å². The SMILES string of the molecule is Cc1cn([C@@H]2O[C@H](CO[P@](=O)(N[C@H](C)C(=O)OC(C)C)Oc3ccccc3)[C@@H](O)[C@@]2(C)C#N)c(=O)[nH]c1=O. The summed E-state index contributed by atoms with van der Waals surface area (Å²) in [6, 6.07) is 8.95. The molecule has 0 aliphatic carbocycles. The number of carbonyl (C=O) groups excluding carboxylic acids is 1. The molecule has 13 nitrogen and oxygen atoms in total. The number of para-hydroxylation sites is 1. The number of aryl methyl sites for hydroxylation is 1. The lowest BCUT2D eigenvalue weighted by Gasteiger charge is -2.26. The third-order valence-corrected chi connectivity index (χ3v) is 7.50. The Morgan fingerprint density at radius 1 is 1.32 bits per heavy atom. The Bertz CT molecular complexity index is 1350. The van der Waals surface area contributed by atoms with Crippen LogP contribution < -0.4 is 20.9 Å². The zero-order valence-corrected chi connectivity index (χ0v) is 22.5. The lowest BCUT2D eigenvalue weighted by molar-refractivity contribution is -0.149. The van der Waals surface area contributed by atoms with Crippen LogP contribution in [0.1, 0.15) is 39.5 Å². The Labute approximate surface area is 218 Å². The third-order valence-electron chi connectivity index (χ3n) is 5.86. The number of rotatable bonds is 10. The van der Waals surface area contributed by atoms with Gasteiger partial charge in [-0.05, 0) is 46.8 Å². The fourth-order valence-corrected chi connectivity index (χ4v) is 5.29. The van der Waals surface area contributed by atoms with Crippen molar-refractivity contribution in [3.8, 4) is 11.8 Å². The number of esters is 1. The van der Waals surface area contributed by atoms with E-state index in [1.165, 1.54) is 39.1 Å². The molecule has 0 unspecified atom stereocenters. The molecule has 3 N–H and O–H groups in total. The molecule has 38 heavy (non-hydrogen) atoms. The van der Waals surface area contributed by atoms with E-state index in [1.54, 1.807) is 32.0 Å². The molecule has 1 aromatic heterocycles. The third kappa shape index (κ3) is 6.40. The highest BCUT2D eigenvalue weighted by Crippen LogP contribution is 2.48. The van der Waals surface area contributed by atoms with E-state index in [1.807, 2.05) is 6.07 Å². The van der Waals surface area contributed by atoms with Gasteiger partial charge in [0, 0.05) is 11.8 Å². The predicted molar refractivity (Wildman–Crippen MR) is 134 cm³/mol. The van der Waals surface area contributed by atoms with Gasteiger partial charge in [-0.3, -0.25) is 23.7 Å². The van der Waals surface area contributed by atoms with Crippen LogP contribution in [0.5, 0.6) is 5.75 Å². The van der Waals surface area contributed by atoms with Crippen molar-refractivity contribution in [1.82, 2.24) is 14.6 Å². The minimum absolute atomic E-state index is 0.177. The Morgan fingerprint density at radius 3 is 2.58 bits per heavy atom. The molecule has 1 aliphatic heterocycles. The molecule has 3 rings (SSSR count). The summed E-state index contributed by atoms with van der Waals surface area (Å²) in [5.41, 5.74) is -2.89. The number of nitrogens with zero attached hydrogens (tertiary/aromatic N) is 2. The molecule has 206 valence electrons. The largest absolute Gasteiger partial charge is 0.462 e. The fraction of sp³-hybridized carbons (Fsp3) is 0.500. The van der Waals surface area contributed by atoms with E-state index >= 15 is 0 Å². The van der Waals surface area contributed by atoms with Crippen molar-refractivity contribution in [2.24, 2.45) is 5.41 Å².